The summed E-state index contributed by atoms with van der Waals surface area (Å²) in [5, 5.41) is 0. The molecule has 0 aliphatic carbocycles. The van der Waals surface area contributed by atoms with Crippen LogP contribution >= 0.6 is 12.2 Å². The lowest BCUT2D eigenvalue weighted by Crippen LogP contribution is -2.21. The molecular weight excluding hydrogens is 328 g/mol. The van der Waals surface area contributed by atoms with E-state index in [1.807, 2.05) is 16.7 Å². The molecule has 0 radical (unpaired) electrons. The average molecular weight is 348 g/mol. The van der Waals surface area contributed by atoms with Crippen molar-refractivity contribution in [3.8, 4) is 22.8 Å². The Labute approximate surface area is 145 Å². The minimum absolute atomic E-state index is 0.102. The second-order valence-electron chi connectivity index (χ2n) is 5.64. The van der Waals surface area contributed by atoms with Gasteiger partial charge in [-0.25, -0.2) is 0 Å². The zero-order valence-corrected chi connectivity index (χ0v) is 14.5. The fourth-order valence-corrected chi connectivity index (χ4v) is 3.20. The van der Waals surface area contributed by atoms with E-state index in [0.29, 0.717) is 28.5 Å². The first-order valence-electron chi connectivity index (χ1n) is 7.80. The molecule has 1 aromatic carbocycles. The number of hydrogen-bond donors (Lipinski definition) is 1. The van der Waals surface area contributed by atoms with Crippen LogP contribution in [0.2, 0.25) is 0 Å². The third kappa shape index (κ3) is 3.37. The molecule has 2 heterocycles. The number of ether oxygens (including phenoxy) is 3. The highest BCUT2D eigenvalue weighted by atomic mass is 32.1. The van der Waals surface area contributed by atoms with Gasteiger partial charge in [-0.3, -0.25) is 9.78 Å². The summed E-state index contributed by atoms with van der Waals surface area (Å²) in [6, 6.07) is 7.02. The van der Waals surface area contributed by atoms with E-state index in [2.05, 4.69) is 4.98 Å². The van der Waals surface area contributed by atoms with Crippen LogP contribution in [-0.4, -0.2) is 36.5 Å². The van der Waals surface area contributed by atoms with Crippen molar-refractivity contribution in [3.63, 3.8) is 0 Å². The van der Waals surface area contributed by atoms with Gasteiger partial charge in [-0.1, -0.05) is 0 Å². The Balaban J connectivity index is 2.12. The quantitative estimate of drug-likeness (QED) is 0.842. The highest BCUT2D eigenvalue weighted by Gasteiger charge is 2.19. The molecule has 1 aromatic heterocycles. The van der Waals surface area contributed by atoms with Gasteiger partial charge >= 0.3 is 0 Å². The normalized spacial score (nSPS) is 17.0. The maximum Gasteiger partial charge on any atom is 0.252 e. The van der Waals surface area contributed by atoms with Gasteiger partial charge in [-0.15, -0.1) is 0 Å². The van der Waals surface area contributed by atoms with Gasteiger partial charge < -0.3 is 18.8 Å². The number of aromatic amines is 1. The number of aromatic nitrogens is 2. The van der Waals surface area contributed by atoms with Crippen molar-refractivity contribution in [2.75, 3.05) is 20.8 Å². The summed E-state index contributed by atoms with van der Waals surface area (Å²) >= 11 is 5.38. The van der Waals surface area contributed by atoms with Crippen molar-refractivity contribution in [1.82, 2.24) is 9.55 Å². The molecule has 2 aromatic rings. The molecule has 128 valence electrons. The van der Waals surface area contributed by atoms with Crippen molar-refractivity contribution >= 4 is 12.2 Å². The molecule has 1 N–H and O–H groups in total. The molecule has 0 unspecified atom stereocenters. The molecule has 1 saturated heterocycles. The summed E-state index contributed by atoms with van der Waals surface area (Å²) in [6.45, 7) is 1.36. The lowest BCUT2D eigenvalue weighted by atomic mass is 10.1. The standard InChI is InChI=1S/C17H20N2O4S/c1-21-11-5-6-13(15(8-11)22-2)14-9-16(20)18-17(24)19(14)10-12-4-3-7-23-12/h5-6,8-9,12H,3-4,7,10H2,1-2H3,(H,18,20,24)/t12-/m1/s1. The number of nitrogens with zero attached hydrogens (tertiary/aromatic N) is 1. The third-order valence-corrected chi connectivity index (χ3v) is 4.45. The Kier molecular flexibility index (Phi) is 5.01. The van der Waals surface area contributed by atoms with Crippen molar-refractivity contribution in [2.45, 2.75) is 25.5 Å². The fraction of sp³-hybridized carbons (Fsp3) is 0.412. The van der Waals surface area contributed by atoms with Crippen LogP contribution in [0.3, 0.4) is 0 Å². The van der Waals surface area contributed by atoms with E-state index in [9.17, 15) is 4.79 Å². The van der Waals surface area contributed by atoms with Crippen molar-refractivity contribution in [1.29, 1.82) is 0 Å². The van der Waals surface area contributed by atoms with Crippen LogP contribution < -0.4 is 15.0 Å². The molecule has 6 nitrogen and oxygen atoms in total. The first kappa shape index (κ1) is 16.7. The molecular formula is C17H20N2O4S. The van der Waals surface area contributed by atoms with Crippen LogP contribution in [0.5, 0.6) is 11.5 Å². The Morgan fingerprint density at radius 3 is 2.83 bits per heavy atom. The van der Waals surface area contributed by atoms with E-state index in [-0.39, 0.29) is 11.7 Å². The van der Waals surface area contributed by atoms with Crippen LogP contribution in [0, 0.1) is 4.77 Å². The summed E-state index contributed by atoms with van der Waals surface area (Å²) < 4.78 is 18.7. The molecule has 1 atom stereocenters. The summed E-state index contributed by atoms with van der Waals surface area (Å²) in [4.78, 5) is 14.6. The SMILES string of the molecule is COc1ccc(-c2cc(=O)[nH]c(=S)n2C[C@H]2CCCO2)c(OC)c1. The van der Waals surface area contributed by atoms with Crippen molar-refractivity contribution < 1.29 is 14.2 Å². The monoisotopic (exact) mass is 348 g/mol. The smallest absolute Gasteiger partial charge is 0.252 e. The largest absolute Gasteiger partial charge is 0.497 e. The number of nitrogens with one attached hydrogen (secondary N) is 1. The Morgan fingerprint density at radius 1 is 1.33 bits per heavy atom. The number of methoxy groups -OCH3 is 2. The van der Waals surface area contributed by atoms with Crippen molar-refractivity contribution in [2.24, 2.45) is 0 Å². The van der Waals surface area contributed by atoms with Gasteiger partial charge in [0.25, 0.3) is 5.56 Å². The van der Waals surface area contributed by atoms with E-state index in [1.54, 1.807) is 20.3 Å². The second-order valence-corrected chi connectivity index (χ2v) is 6.02. The number of rotatable bonds is 5. The van der Waals surface area contributed by atoms with Gasteiger partial charge in [0.15, 0.2) is 4.77 Å². The molecule has 7 heteroatoms. The molecule has 1 aliphatic rings. The Morgan fingerprint density at radius 2 is 2.17 bits per heavy atom. The van der Waals surface area contributed by atoms with E-state index in [0.717, 1.165) is 25.0 Å². The average Bonchev–Trinajstić information content (AvgIpc) is 3.09. The lowest BCUT2D eigenvalue weighted by molar-refractivity contribution is 0.0966. The fourth-order valence-electron chi connectivity index (χ4n) is 2.93. The van der Waals surface area contributed by atoms with Gasteiger partial charge in [0.1, 0.15) is 11.5 Å². The number of H-pyrrole nitrogens is 1. The van der Waals surface area contributed by atoms with Crippen LogP contribution in [0.4, 0.5) is 0 Å². The van der Waals surface area contributed by atoms with Gasteiger partial charge in [-0.05, 0) is 37.2 Å². The van der Waals surface area contributed by atoms with Gasteiger partial charge in [-0.2, -0.15) is 0 Å². The third-order valence-electron chi connectivity index (χ3n) is 4.13. The van der Waals surface area contributed by atoms with Crippen molar-refractivity contribution in [3.05, 3.63) is 39.4 Å². The minimum Gasteiger partial charge on any atom is -0.497 e. The summed E-state index contributed by atoms with van der Waals surface area (Å²) in [5.74, 6) is 1.31. The predicted octanol–water partition coefficient (Wildman–Crippen LogP) is 2.77. The van der Waals surface area contributed by atoms with Gasteiger partial charge in [0.05, 0.1) is 32.6 Å². The highest BCUT2D eigenvalue weighted by molar-refractivity contribution is 7.71. The van der Waals surface area contributed by atoms with Crippen LogP contribution in [-0.2, 0) is 11.3 Å². The summed E-state index contributed by atoms with van der Waals surface area (Å²) in [6.07, 6.45) is 2.13. The van der Waals surface area contributed by atoms with E-state index >= 15 is 0 Å². The molecule has 0 bridgehead atoms. The summed E-state index contributed by atoms with van der Waals surface area (Å²) in [7, 11) is 3.19. The van der Waals surface area contributed by atoms with Crippen LogP contribution in [0.1, 0.15) is 12.8 Å². The van der Waals surface area contributed by atoms with E-state index < -0.39 is 0 Å². The maximum absolute atomic E-state index is 12.0. The van der Waals surface area contributed by atoms with E-state index in [1.165, 1.54) is 6.07 Å². The maximum atomic E-state index is 12.0. The van der Waals surface area contributed by atoms with E-state index in [4.69, 9.17) is 26.4 Å². The van der Waals surface area contributed by atoms with Crippen LogP contribution in [0.25, 0.3) is 11.3 Å². The molecule has 0 spiro atoms. The molecule has 3 rings (SSSR count). The molecule has 1 aliphatic heterocycles. The molecule has 24 heavy (non-hydrogen) atoms. The lowest BCUT2D eigenvalue weighted by Gasteiger charge is -2.19. The molecule has 0 saturated carbocycles. The first-order valence-corrected chi connectivity index (χ1v) is 8.21. The molecule has 1 fully saturated rings. The second kappa shape index (κ2) is 7.19. The van der Waals surface area contributed by atoms with Gasteiger partial charge in [0, 0.05) is 24.3 Å². The number of hydrogen-bond acceptors (Lipinski definition) is 5. The predicted molar refractivity (Wildman–Crippen MR) is 93.4 cm³/mol. The number of benzene rings is 1. The minimum atomic E-state index is -0.239. The summed E-state index contributed by atoms with van der Waals surface area (Å²) in [5.41, 5.74) is 1.25. The first-order chi connectivity index (χ1) is 11.6. The highest BCUT2D eigenvalue weighted by Crippen LogP contribution is 2.33. The van der Waals surface area contributed by atoms with Gasteiger partial charge in [0.2, 0.25) is 0 Å². The zero-order chi connectivity index (χ0) is 17.1. The topological polar surface area (TPSA) is 65.5 Å². The Bertz CT molecular complexity index is 837. The Hall–Kier alpha value is -2.12. The zero-order valence-electron chi connectivity index (χ0n) is 13.7. The van der Waals surface area contributed by atoms with Crippen LogP contribution in [0.15, 0.2) is 29.1 Å². The molecule has 0 amide bonds.